The number of hydrogen-bond donors (Lipinski definition) is 1. The Labute approximate surface area is 116 Å². The van der Waals surface area contributed by atoms with Crippen molar-refractivity contribution in [3.05, 3.63) is 58.1 Å². The van der Waals surface area contributed by atoms with Crippen LogP contribution in [-0.2, 0) is 0 Å². The van der Waals surface area contributed by atoms with Gasteiger partial charge in [-0.1, -0.05) is 23.8 Å². The number of halogens is 1. The van der Waals surface area contributed by atoms with Crippen LogP contribution in [0.5, 0.6) is 11.5 Å². The predicted molar refractivity (Wildman–Crippen MR) is 78.0 cm³/mol. The van der Waals surface area contributed by atoms with E-state index in [1.165, 1.54) is 5.56 Å². The first kappa shape index (κ1) is 13.1. The molecule has 0 aromatic heterocycles. The lowest BCUT2D eigenvalue weighted by atomic mass is 10.1. The van der Waals surface area contributed by atoms with E-state index in [4.69, 9.17) is 10.5 Å². The third kappa shape index (κ3) is 3.12. The maximum absolute atomic E-state index is 5.84. The highest BCUT2D eigenvalue weighted by molar-refractivity contribution is 9.10. The van der Waals surface area contributed by atoms with E-state index >= 15 is 0 Å². The van der Waals surface area contributed by atoms with Gasteiger partial charge in [0.1, 0.15) is 11.5 Å². The lowest BCUT2D eigenvalue weighted by molar-refractivity contribution is 0.479. The number of nitrogens with two attached hydrogens (primary N) is 1. The van der Waals surface area contributed by atoms with Crippen molar-refractivity contribution in [2.24, 2.45) is 5.73 Å². The first-order valence-corrected chi connectivity index (χ1v) is 6.65. The van der Waals surface area contributed by atoms with Crippen LogP contribution in [0.4, 0.5) is 0 Å². The van der Waals surface area contributed by atoms with E-state index < -0.39 is 0 Å². The highest BCUT2D eigenvalue weighted by atomic mass is 79.9. The summed E-state index contributed by atoms with van der Waals surface area (Å²) in [5.41, 5.74) is 8.14. The van der Waals surface area contributed by atoms with E-state index in [1.807, 2.05) is 49.4 Å². The zero-order chi connectivity index (χ0) is 13.1. The first-order valence-electron chi connectivity index (χ1n) is 5.86. The standard InChI is InChI=1S/C15H16BrNO/c1-10-3-6-13(7-4-10)18-15-8-5-12(11(2)17)9-14(15)16/h3-9,11H,17H2,1-2H3/t11-/m0/s1. The highest BCUT2D eigenvalue weighted by Crippen LogP contribution is 2.31. The number of rotatable bonds is 3. The van der Waals surface area contributed by atoms with Gasteiger partial charge in [0.05, 0.1) is 4.47 Å². The van der Waals surface area contributed by atoms with Crippen molar-refractivity contribution in [2.75, 3.05) is 0 Å². The molecule has 0 amide bonds. The molecule has 3 heteroatoms. The van der Waals surface area contributed by atoms with Crippen molar-refractivity contribution >= 4 is 15.9 Å². The topological polar surface area (TPSA) is 35.2 Å². The average molecular weight is 306 g/mol. The van der Waals surface area contributed by atoms with E-state index in [-0.39, 0.29) is 6.04 Å². The van der Waals surface area contributed by atoms with Gasteiger partial charge in [0.25, 0.3) is 0 Å². The second-order valence-electron chi connectivity index (χ2n) is 4.39. The summed E-state index contributed by atoms with van der Waals surface area (Å²) in [6.07, 6.45) is 0. The Bertz CT molecular complexity index is 535. The van der Waals surface area contributed by atoms with Gasteiger partial charge in [-0.05, 0) is 59.6 Å². The van der Waals surface area contributed by atoms with Gasteiger partial charge >= 0.3 is 0 Å². The molecule has 0 spiro atoms. The van der Waals surface area contributed by atoms with Crippen LogP contribution in [0.3, 0.4) is 0 Å². The molecule has 1 atom stereocenters. The van der Waals surface area contributed by atoms with Gasteiger partial charge in [0.15, 0.2) is 0 Å². The number of ether oxygens (including phenoxy) is 1. The molecule has 2 aromatic carbocycles. The van der Waals surface area contributed by atoms with Crippen LogP contribution >= 0.6 is 15.9 Å². The van der Waals surface area contributed by atoms with Gasteiger partial charge in [0.2, 0.25) is 0 Å². The van der Waals surface area contributed by atoms with Crippen molar-refractivity contribution in [1.82, 2.24) is 0 Å². The summed E-state index contributed by atoms with van der Waals surface area (Å²) < 4.78 is 6.73. The second-order valence-corrected chi connectivity index (χ2v) is 5.25. The molecule has 0 unspecified atom stereocenters. The lowest BCUT2D eigenvalue weighted by Gasteiger charge is -2.11. The van der Waals surface area contributed by atoms with Gasteiger partial charge in [-0.25, -0.2) is 0 Å². The minimum absolute atomic E-state index is 0.0229. The maximum atomic E-state index is 5.84. The molecule has 0 saturated carbocycles. The highest BCUT2D eigenvalue weighted by Gasteiger charge is 2.06. The molecule has 0 radical (unpaired) electrons. The Morgan fingerprint density at radius 2 is 1.78 bits per heavy atom. The summed E-state index contributed by atoms with van der Waals surface area (Å²) in [7, 11) is 0. The Balaban J connectivity index is 2.22. The van der Waals surface area contributed by atoms with Crippen molar-refractivity contribution in [2.45, 2.75) is 19.9 Å². The molecule has 0 aliphatic carbocycles. The molecule has 0 fully saturated rings. The minimum Gasteiger partial charge on any atom is -0.456 e. The molecule has 0 aliphatic heterocycles. The van der Waals surface area contributed by atoms with Crippen LogP contribution in [0, 0.1) is 6.92 Å². The fourth-order valence-electron chi connectivity index (χ4n) is 1.62. The van der Waals surface area contributed by atoms with Crippen LogP contribution in [0.2, 0.25) is 0 Å². The largest absolute Gasteiger partial charge is 0.456 e. The van der Waals surface area contributed by atoms with Crippen LogP contribution in [-0.4, -0.2) is 0 Å². The summed E-state index contributed by atoms with van der Waals surface area (Å²) in [5, 5.41) is 0. The molecule has 0 heterocycles. The van der Waals surface area contributed by atoms with E-state index in [0.29, 0.717) is 0 Å². The van der Waals surface area contributed by atoms with E-state index in [2.05, 4.69) is 22.9 Å². The Kier molecular flexibility index (Phi) is 4.04. The first-order chi connectivity index (χ1) is 8.56. The van der Waals surface area contributed by atoms with Crippen LogP contribution in [0.25, 0.3) is 0 Å². The summed E-state index contributed by atoms with van der Waals surface area (Å²) >= 11 is 3.51. The van der Waals surface area contributed by atoms with Crippen molar-refractivity contribution in [3.8, 4) is 11.5 Å². The average Bonchev–Trinajstić information content (AvgIpc) is 2.34. The molecule has 2 aromatic rings. The molecule has 94 valence electrons. The SMILES string of the molecule is Cc1ccc(Oc2ccc([C@H](C)N)cc2Br)cc1. The van der Waals surface area contributed by atoms with Gasteiger partial charge in [0, 0.05) is 6.04 Å². The van der Waals surface area contributed by atoms with Crippen molar-refractivity contribution in [1.29, 1.82) is 0 Å². The van der Waals surface area contributed by atoms with Gasteiger partial charge in [-0.2, -0.15) is 0 Å². The minimum atomic E-state index is 0.0229. The summed E-state index contributed by atoms with van der Waals surface area (Å²) in [6, 6.07) is 13.9. The third-order valence-corrected chi connectivity index (χ3v) is 3.35. The Morgan fingerprint density at radius 3 is 2.33 bits per heavy atom. The molecule has 0 aliphatic rings. The maximum Gasteiger partial charge on any atom is 0.141 e. The molecule has 18 heavy (non-hydrogen) atoms. The fourth-order valence-corrected chi connectivity index (χ4v) is 2.09. The Morgan fingerprint density at radius 1 is 1.11 bits per heavy atom. The lowest BCUT2D eigenvalue weighted by Crippen LogP contribution is -2.04. The smallest absolute Gasteiger partial charge is 0.141 e. The quantitative estimate of drug-likeness (QED) is 0.901. The molecule has 2 rings (SSSR count). The van der Waals surface area contributed by atoms with E-state index in [1.54, 1.807) is 0 Å². The zero-order valence-electron chi connectivity index (χ0n) is 10.5. The van der Waals surface area contributed by atoms with Crippen LogP contribution in [0.15, 0.2) is 46.9 Å². The monoisotopic (exact) mass is 305 g/mol. The van der Waals surface area contributed by atoms with Crippen molar-refractivity contribution in [3.63, 3.8) is 0 Å². The summed E-state index contributed by atoms with van der Waals surface area (Å²) in [6.45, 7) is 4.01. The van der Waals surface area contributed by atoms with E-state index in [0.717, 1.165) is 21.5 Å². The third-order valence-electron chi connectivity index (χ3n) is 2.73. The van der Waals surface area contributed by atoms with Gasteiger partial charge < -0.3 is 10.5 Å². The van der Waals surface area contributed by atoms with Crippen molar-refractivity contribution < 1.29 is 4.74 Å². The summed E-state index contributed by atoms with van der Waals surface area (Å²) in [4.78, 5) is 0. The number of aryl methyl sites for hydroxylation is 1. The summed E-state index contributed by atoms with van der Waals surface area (Å²) in [5.74, 6) is 1.62. The predicted octanol–water partition coefficient (Wildman–Crippen LogP) is 4.57. The van der Waals surface area contributed by atoms with Gasteiger partial charge in [-0.3, -0.25) is 0 Å². The molecule has 2 N–H and O–H groups in total. The van der Waals surface area contributed by atoms with Gasteiger partial charge in [-0.15, -0.1) is 0 Å². The van der Waals surface area contributed by atoms with E-state index in [9.17, 15) is 0 Å². The number of hydrogen-bond acceptors (Lipinski definition) is 2. The number of benzene rings is 2. The molecule has 0 saturated heterocycles. The van der Waals surface area contributed by atoms with Crippen LogP contribution < -0.4 is 10.5 Å². The Hall–Kier alpha value is -1.32. The molecular formula is C15H16BrNO. The fraction of sp³-hybridized carbons (Fsp3) is 0.200. The zero-order valence-corrected chi connectivity index (χ0v) is 12.1. The second kappa shape index (κ2) is 5.55. The van der Waals surface area contributed by atoms with Crippen LogP contribution in [0.1, 0.15) is 24.1 Å². The molecular weight excluding hydrogens is 290 g/mol. The molecule has 0 bridgehead atoms. The normalized spacial score (nSPS) is 12.2. The molecule has 2 nitrogen and oxygen atoms in total.